The maximum absolute atomic E-state index is 12.0. The molecule has 4 nitrogen and oxygen atoms in total. The molecule has 0 aliphatic carbocycles. The summed E-state index contributed by atoms with van der Waals surface area (Å²) in [5, 5.41) is 0. The fourth-order valence-corrected chi connectivity index (χ4v) is 1.47. The van der Waals surface area contributed by atoms with Crippen LogP contribution < -0.4 is 5.73 Å². The Morgan fingerprint density at radius 2 is 2.24 bits per heavy atom. The summed E-state index contributed by atoms with van der Waals surface area (Å²) in [6.45, 7) is 5.47. The Bertz CT molecular complexity index is 377. The lowest BCUT2D eigenvalue weighted by molar-refractivity contribution is 0.0783. The summed E-state index contributed by atoms with van der Waals surface area (Å²) in [6, 6.07) is 3.58. The first-order valence-corrected chi connectivity index (χ1v) is 5.95. The fraction of sp³-hybridized carbons (Fsp3) is 0.538. The van der Waals surface area contributed by atoms with Gasteiger partial charge in [-0.05, 0) is 30.0 Å². The van der Waals surface area contributed by atoms with E-state index >= 15 is 0 Å². The van der Waals surface area contributed by atoms with Crippen molar-refractivity contribution in [3.8, 4) is 0 Å². The van der Waals surface area contributed by atoms with Gasteiger partial charge in [-0.25, -0.2) is 0 Å². The molecule has 0 fully saturated rings. The van der Waals surface area contributed by atoms with E-state index in [0.717, 1.165) is 18.5 Å². The van der Waals surface area contributed by atoms with E-state index in [4.69, 9.17) is 5.73 Å². The van der Waals surface area contributed by atoms with Crippen molar-refractivity contribution >= 4 is 5.91 Å². The van der Waals surface area contributed by atoms with Gasteiger partial charge in [0.1, 0.15) is 5.69 Å². The predicted octanol–water partition coefficient (Wildman–Crippen LogP) is 1.66. The number of nitrogens with zero attached hydrogens (tertiary/aromatic N) is 2. The zero-order valence-electron chi connectivity index (χ0n) is 10.8. The van der Waals surface area contributed by atoms with Crippen molar-refractivity contribution in [1.29, 1.82) is 0 Å². The second kappa shape index (κ2) is 6.35. The standard InChI is InChI=1S/C13H21N3O/c1-10(2)5-7-16(3)13(17)12-8-11(9-14)4-6-15-12/h4,6,8,10H,5,7,9,14H2,1-3H3. The summed E-state index contributed by atoms with van der Waals surface area (Å²) in [5.41, 5.74) is 6.94. The zero-order valence-corrected chi connectivity index (χ0v) is 10.8. The van der Waals surface area contributed by atoms with Gasteiger partial charge in [0.05, 0.1) is 0 Å². The number of hydrogen-bond donors (Lipinski definition) is 1. The average molecular weight is 235 g/mol. The highest BCUT2D eigenvalue weighted by Crippen LogP contribution is 2.06. The molecule has 0 spiro atoms. The van der Waals surface area contributed by atoms with E-state index in [2.05, 4.69) is 18.8 Å². The SMILES string of the molecule is CC(C)CCN(C)C(=O)c1cc(CN)ccn1. The van der Waals surface area contributed by atoms with Gasteiger partial charge >= 0.3 is 0 Å². The molecule has 0 unspecified atom stereocenters. The highest BCUT2D eigenvalue weighted by atomic mass is 16.2. The summed E-state index contributed by atoms with van der Waals surface area (Å²) >= 11 is 0. The summed E-state index contributed by atoms with van der Waals surface area (Å²) in [7, 11) is 1.81. The van der Waals surface area contributed by atoms with Gasteiger partial charge in [0.15, 0.2) is 0 Å². The summed E-state index contributed by atoms with van der Waals surface area (Å²) < 4.78 is 0. The molecule has 0 atom stereocenters. The number of carbonyl (C=O) groups excluding carboxylic acids is 1. The Balaban J connectivity index is 2.67. The van der Waals surface area contributed by atoms with E-state index in [0.29, 0.717) is 18.2 Å². The Kier molecular flexibility index (Phi) is 5.10. The number of hydrogen-bond acceptors (Lipinski definition) is 3. The molecule has 0 aromatic carbocycles. The first kappa shape index (κ1) is 13.6. The Morgan fingerprint density at radius 3 is 2.82 bits per heavy atom. The third-order valence-corrected chi connectivity index (χ3v) is 2.67. The van der Waals surface area contributed by atoms with Gasteiger partial charge in [0.25, 0.3) is 5.91 Å². The molecule has 0 radical (unpaired) electrons. The minimum atomic E-state index is -0.0408. The van der Waals surface area contributed by atoms with Crippen LogP contribution in [0.1, 0.15) is 36.3 Å². The van der Waals surface area contributed by atoms with Crippen LogP contribution in [0.2, 0.25) is 0 Å². The van der Waals surface area contributed by atoms with Crippen LogP contribution in [0, 0.1) is 5.92 Å². The summed E-state index contributed by atoms with van der Waals surface area (Å²) in [5.74, 6) is 0.550. The van der Waals surface area contributed by atoms with Crippen LogP contribution in [-0.4, -0.2) is 29.4 Å². The zero-order chi connectivity index (χ0) is 12.8. The lowest BCUT2D eigenvalue weighted by Crippen LogP contribution is -2.29. The second-order valence-corrected chi connectivity index (χ2v) is 4.66. The molecule has 1 heterocycles. The van der Waals surface area contributed by atoms with Crippen LogP contribution in [-0.2, 0) is 6.54 Å². The topological polar surface area (TPSA) is 59.2 Å². The van der Waals surface area contributed by atoms with Gasteiger partial charge in [0.2, 0.25) is 0 Å². The van der Waals surface area contributed by atoms with Crippen molar-refractivity contribution in [2.75, 3.05) is 13.6 Å². The molecule has 0 aliphatic heterocycles. The van der Waals surface area contributed by atoms with E-state index in [1.807, 2.05) is 13.1 Å². The molecule has 4 heteroatoms. The molecular formula is C13H21N3O. The van der Waals surface area contributed by atoms with Gasteiger partial charge < -0.3 is 10.6 Å². The number of amides is 1. The van der Waals surface area contributed by atoms with Gasteiger partial charge in [-0.3, -0.25) is 9.78 Å². The van der Waals surface area contributed by atoms with Crippen molar-refractivity contribution in [3.05, 3.63) is 29.6 Å². The van der Waals surface area contributed by atoms with Crippen LogP contribution in [0.4, 0.5) is 0 Å². The molecule has 0 bridgehead atoms. The molecule has 94 valence electrons. The molecule has 1 aromatic rings. The number of aromatic nitrogens is 1. The van der Waals surface area contributed by atoms with Gasteiger partial charge in [-0.1, -0.05) is 13.8 Å². The molecular weight excluding hydrogens is 214 g/mol. The van der Waals surface area contributed by atoms with Gasteiger partial charge in [-0.15, -0.1) is 0 Å². The smallest absolute Gasteiger partial charge is 0.272 e. The van der Waals surface area contributed by atoms with Crippen molar-refractivity contribution in [2.45, 2.75) is 26.8 Å². The van der Waals surface area contributed by atoms with E-state index in [9.17, 15) is 4.79 Å². The number of nitrogens with two attached hydrogens (primary N) is 1. The maximum Gasteiger partial charge on any atom is 0.272 e. The van der Waals surface area contributed by atoms with Gasteiger partial charge in [-0.2, -0.15) is 0 Å². The lowest BCUT2D eigenvalue weighted by Gasteiger charge is -2.18. The molecule has 1 aromatic heterocycles. The van der Waals surface area contributed by atoms with Crippen molar-refractivity contribution < 1.29 is 4.79 Å². The second-order valence-electron chi connectivity index (χ2n) is 4.66. The molecule has 1 rings (SSSR count). The first-order valence-electron chi connectivity index (χ1n) is 5.95. The van der Waals surface area contributed by atoms with E-state index < -0.39 is 0 Å². The van der Waals surface area contributed by atoms with E-state index in [1.165, 1.54) is 0 Å². The number of pyridine rings is 1. The Morgan fingerprint density at radius 1 is 1.53 bits per heavy atom. The van der Waals surface area contributed by atoms with Crippen molar-refractivity contribution in [1.82, 2.24) is 9.88 Å². The van der Waals surface area contributed by atoms with Gasteiger partial charge in [0, 0.05) is 26.3 Å². The largest absolute Gasteiger partial charge is 0.340 e. The maximum atomic E-state index is 12.0. The van der Waals surface area contributed by atoms with Crippen molar-refractivity contribution in [2.24, 2.45) is 11.7 Å². The lowest BCUT2D eigenvalue weighted by atomic mass is 10.1. The summed E-state index contributed by atoms with van der Waals surface area (Å²) in [4.78, 5) is 17.8. The third-order valence-electron chi connectivity index (χ3n) is 2.67. The monoisotopic (exact) mass is 235 g/mol. The van der Waals surface area contributed by atoms with Crippen LogP contribution in [0.3, 0.4) is 0 Å². The number of carbonyl (C=O) groups is 1. The van der Waals surface area contributed by atoms with Crippen LogP contribution >= 0.6 is 0 Å². The first-order chi connectivity index (χ1) is 8.04. The normalized spacial score (nSPS) is 10.6. The van der Waals surface area contributed by atoms with E-state index in [-0.39, 0.29) is 5.91 Å². The molecule has 0 saturated heterocycles. The molecule has 17 heavy (non-hydrogen) atoms. The predicted molar refractivity (Wildman–Crippen MR) is 68.5 cm³/mol. The third kappa shape index (κ3) is 4.15. The molecule has 1 amide bonds. The van der Waals surface area contributed by atoms with Crippen LogP contribution in [0.15, 0.2) is 18.3 Å². The Labute approximate surface area is 103 Å². The fourth-order valence-electron chi connectivity index (χ4n) is 1.47. The molecule has 2 N–H and O–H groups in total. The van der Waals surface area contributed by atoms with Crippen LogP contribution in [0.5, 0.6) is 0 Å². The Hall–Kier alpha value is -1.42. The quantitative estimate of drug-likeness (QED) is 0.844. The average Bonchev–Trinajstić information content (AvgIpc) is 2.35. The minimum Gasteiger partial charge on any atom is -0.340 e. The highest BCUT2D eigenvalue weighted by molar-refractivity contribution is 5.92. The highest BCUT2D eigenvalue weighted by Gasteiger charge is 2.13. The molecule has 0 aliphatic rings. The number of rotatable bonds is 5. The summed E-state index contributed by atoms with van der Waals surface area (Å²) in [6.07, 6.45) is 2.63. The van der Waals surface area contributed by atoms with E-state index in [1.54, 1.807) is 17.2 Å². The van der Waals surface area contributed by atoms with Crippen LogP contribution in [0.25, 0.3) is 0 Å². The minimum absolute atomic E-state index is 0.0408. The van der Waals surface area contributed by atoms with Crippen molar-refractivity contribution in [3.63, 3.8) is 0 Å². The molecule has 0 saturated carbocycles.